The minimum Gasteiger partial charge on any atom is -0.354 e. The zero-order chi connectivity index (χ0) is 25.4. The van der Waals surface area contributed by atoms with E-state index in [-0.39, 0.29) is 30.8 Å². The van der Waals surface area contributed by atoms with Crippen molar-refractivity contribution in [1.82, 2.24) is 14.9 Å². The van der Waals surface area contributed by atoms with Gasteiger partial charge >= 0.3 is 0 Å². The number of H-pyrrole nitrogens is 1. The van der Waals surface area contributed by atoms with Crippen LogP contribution in [0.2, 0.25) is 0 Å². The number of hydrogen-bond donors (Lipinski definition) is 2. The maximum Gasteiger partial charge on any atom is 0.255 e. The van der Waals surface area contributed by atoms with Gasteiger partial charge in [0.2, 0.25) is 5.91 Å². The van der Waals surface area contributed by atoms with Crippen molar-refractivity contribution in [3.8, 4) is 11.3 Å². The van der Waals surface area contributed by atoms with Gasteiger partial charge in [-0.05, 0) is 42.3 Å². The van der Waals surface area contributed by atoms with Gasteiger partial charge in [-0.15, -0.1) is 0 Å². The van der Waals surface area contributed by atoms with Gasteiger partial charge in [0.1, 0.15) is 0 Å². The summed E-state index contributed by atoms with van der Waals surface area (Å²) in [5.41, 5.74) is 7.56. The summed E-state index contributed by atoms with van der Waals surface area (Å²) in [6, 6.07) is 27.6. The summed E-state index contributed by atoms with van der Waals surface area (Å²) >= 11 is 0. The fraction of sp³-hybridized carbons (Fsp3) is 0.129. The first-order chi connectivity index (χ1) is 18.1. The molecule has 5 aromatic rings. The van der Waals surface area contributed by atoms with Crippen molar-refractivity contribution in [1.29, 1.82) is 0 Å². The molecule has 1 aliphatic heterocycles. The highest BCUT2D eigenvalue weighted by Gasteiger charge is 2.40. The van der Waals surface area contributed by atoms with Crippen LogP contribution in [0.4, 0.5) is 5.69 Å². The lowest BCUT2D eigenvalue weighted by atomic mass is 9.93. The van der Waals surface area contributed by atoms with Gasteiger partial charge in [0, 0.05) is 41.2 Å². The molecule has 0 saturated heterocycles. The third-order valence-electron chi connectivity index (χ3n) is 6.94. The molecule has 6 nitrogen and oxygen atoms in total. The van der Waals surface area contributed by atoms with Gasteiger partial charge in [0.15, 0.2) is 0 Å². The standard InChI is InChI=1S/C31H26N4O2/c1-20-12-14-21(15-13-20)29-28(25-10-4-5-11-26(25)34-29)30-23-8-2-3-9-24(23)31(37)35(30)18-16-27(36)33-22-7-6-17-32-19-22/h2-15,17,19,30,34H,16,18H2,1H3,(H,33,36)/t30-/m0/s1. The molecule has 2 aromatic heterocycles. The first-order valence-corrected chi connectivity index (χ1v) is 12.4. The predicted molar refractivity (Wildman–Crippen MR) is 145 cm³/mol. The quantitative estimate of drug-likeness (QED) is 0.304. The zero-order valence-electron chi connectivity index (χ0n) is 20.4. The minimum atomic E-state index is -0.317. The summed E-state index contributed by atoms with van der Waals surface area (Å²) < 4.78 is 0. The van der Waals surface area contributed by atoms with E-state index in [1.54, 1.807) is 24.5 Å². The Morgan fingerprint density at radius 2 is 1.76 bits per heavy atom. The fourth-order valence-corrected chi connectivity index (χ4v) is 5.19. The molecule has 3 heterocycles. The van der Waals surface area contributed by atoms with E-state index in [4.69, 9.17) is 0 Å². The molecule has 6 rings (SSSR count). The Morgan fingerprint density at radius 3 is 2.57 bits per heavy atom. The molecule has 0 spiro atoms. The number of nitrogens with one attached hydrogen (secondary N) is 2. The Morgan fingerprint density at radius 1 is 0.973 bits per heavy atom. The van der Waals surface area contributed by atoms with Crippen LogP contribution in [0.5, 0.6) is 0 Å². The van der Waals surface area contributed by atoms with E-state index in [0.29, 0.717) is 11.3 Å². The Bertz CT molecular complexity index is 1610. The second-order valence-corrected chi connectivity index (χ2v) is 9.35. The number of pyridine rings is 1. The number of aromatic nitrogens is 2. The van der Waals surface area contributed by atoms with Gasteiger partial charge < -0.3 is 15.2 Å². The van der Waals surface area contributed by atoms with E-state index in [0.717, 1.165) is 33.3 Å². The maximum absolute atomic E-state index is 13.7. The molecule has 37 heavy (non-hydrogen) atoms. The van der Waals surface area contributed by atoms with Crippen molar-refractivity contribution in [2.75, 3.05) is 11.9 Å². The monoisotopic (exact) mass is 486 g/mol. The SMILES string of the molecule is Cc1ccc(-c2[nH]c3ccccc3c2[C@@H]2c3ccccc3C(=O)N2CCC(=O)Nc2cccnc2)cc1. The van der Waals surface area contributed by atoms with Crippen molar-refractivity contribution in [3.63, 3.8) is 0 Å². The molecule has 6 heteroatoms. The normalized spacial score (nSPS) is 14.7. The zero-order valence-corrected chi connectivity index (χ0v) is 20.4. The van der Waals surface area contributed by atoms with Crippen LogP contribution in [0.1, 0.15) is 39.5 Å². The summed E-state index contributed by atoms with van der Waals surface area (Å²) in [5.74, 6) is -0.219. The van der Waals surface area contributed by atoms with Crippen LogP contribution in [0.3, 0.4) is 0 Å². The number of aromatic amines is 1. The summed E-state index contributed by atoms with van der Waals surface area (Å²) in [6.45, 7) is 2.36. The van der Waals surface area contributed by atoms with Crippen molar-refractivity contribution in [2.45, 2.75) is 19.4 Å². The van der Waals surface area contributed by atoms with Crippen LogP contribution in [0, 0.1) is 6.92 Å². The second-order valence-electron chi connectivity index (χ2n) is 9.35. The number of amides is 2. The molecule has 0 bridgehead atoms. The number of carbonyl (C=O) groups is 2. The molecular formula is C31H26N4O2. The number of carbonyl (C=O) groups excluding carboxylic acids is 2. The van der Waals surface area contributed by atoms with Crippen molar-refractivity contribution in [2.24, 2.45) is 0 Å². The maximum atomic E-state index is 13.7. The highest BCUT2D eigenvalue weighted by atomic mass is 16.2. The molecule has 0 fully saturated rings. The van der Waals surface area contributed by atoms with Crippen LogP contribution in [0.25, 0.3) is 22.2 Å². The Labute approximate surface area is 215 Å². The van der Waals surface area contributed by atoms with E-state index in [2.05, 4.69) is 58.6 Å². The third kappa shape index (κ3) is 4.16. The predicted octanol–water partition coefficient (Wildman–Crippen LogP) is 6.11. The molecule has 3 aromatic carbocycles. The van der Waals surface area contributed by atoms with E-state index in [1.807, 2.05) is 41.3 Å². The highest BCUT2D eigenvalue weighted by Crippen LogP contribution is 2.45. The number of nitrogens with zero attached hydrogens (tertiary/aromatic N) is 2. The van der Waals surface area contributed by atoms with Gasteiger partial charge in [0.25, 0.3) is 5.91 Å². The van der Waals surface area contributed by atoms with Gasteiger partial charge in [-0.3, -0.25) is 14.6 Å². The van der Waals surface area contributed by atoms with Crippen LogP contribution in [0.15, 0.2) is 97.3 Å². The first kappa shape index (κ1) is 22.7. The van der Waals surface area contributed by atoms with Crippen LogP contribution in [-0.4, -0.2) is 33.2 Å². The highest BCUT2D eigenvalue weighted by molar-refractivity contribution is 6.02. The average molecular weight is 487 g/mol. The molecular weight excluding hydrogens is 460 g/mol. The number of aryl methyl sites for hydroxylation is 1. The van der Waals surface area contributed by atoms with Crippen molar-refractivity contribution < 1.29 is 9.59 Å². The fourth-order valence-electron chi connectivity index (χ4n) is 5.19. The summed E-state index contributed by atoms with van der Waals surface area (Å²) in [4.78, 5) is 36.0. The second kappa shape index (κ2) is 9.39. The Hall–Kier alpha value is -4.71. The molecule has 0 unspecified atom stereocenters. The number of fused-ring (bicyclic) bond motifs is 2. The molecule has 1 atom stereocenters. The Kier molecular flexibility index (Phi) is 5.77. The lowest BCUT2D eigenvalue weighted by Gasteiger charge is -2.26. The van der Waals surface area contributed by atoms with E-state index in [1.165, 1.54) is 5.56 Å². The summed E-state index contributed by atoms with van der Waals surface area (Å²) in [7, 11) is 0. The number of rotatable bonds is 6. The number of para-hydroxylation sites is 1. The van der Waals surface area contributed by atoms with Gasteiger partial charge in [0.05, 0.1) is 23.6 Å². The lowest BCUT2D eigenvalue weighted by molar-refractivity contribution is -0.116. The minimum absolute atomic E-state index is 0.0603. The molecule has 0 saturated carbocycles. The van der Waals surface area contributed by atoms with Crippen LogP contribution in [-0.2, 0) is 4.79 Å². The molecule has 0 aliphatic carbocycles. The molecule has 0 radical (unpaired) electrons. The van der Waals surface area contributed by atoms with Crippen LogP contribution >= 0.6 is 0 Å². The van der Waals surface area contributed by atoms with E-state index in [9.17, 15) is 9.59 Å². The molecule has 1 aliphatic rings. The first-order valence-electron chi connectivity index (χ1n) is 12.4. The number of hydrogen-bond acceptors (Lipinski definition) is 3. The third-order valence-corrected chi connectivity index (χ3v) is 6.94. The Balaban J connectivity index is 1.42. The molecule has 2 amide bonds. The summed E-state index contributed by atoms with van der Waals surface area (Å²) in [5, 5.41) is 3.95. The molecule has 2 N–H and O–H groups in total. The van der Waals surface area contributed by atoms with Crippen molar-refractivity contribution in [3.05, 3.63) is 120 Å². The van der Waals surface area contributed by atoms with Gasteiger partial charge in [-0.2, -0.15) is 0 Å². The van der Waals surface area contributed by atoms with E-state index >= 15 is 0 Å². The van der Waals surface area contributed by atoms with Crippen molar-refractivity contribution >= 4 is 28.4 Å². The smallest absolute Gasteiger partial charge is 0.255 e. The topological polar surface area (TPSA) is 78.1 Å². The van der Waals surface area contributed by atoms with Gasteiger partial charge in [-0.25, -0.2) is 0 Å². The largest absolute Gasteiger partial charge is 0.354 e. The summed E-state index contributed by atoms with van der Waals surface area (Å²) in [6.07, 6.45) is 3.44. The van der Waals surface area contributed by atoms with E-state index < -0.39 is 0 Å². The average Bonchev–Trinajstić information content (AvgIpc) is 3.43. The van der Waals surface area contributed by atoms with Crippen LogP contribution < -0.4 is 5.32 Å². The number of anilines is 1. The number of benzene rings is 3. The van der Waals surface area contributed by atoms with Gasteiger partial charge in [-0.1, -0.05) is 66.2 Å². The molecule has 182 valence electrons. The lowest BCUT2D eigenvalue weighted by Crippen LogP contribution is -2.32.